The summed E-state index contributed by atoms with van der Waals surface area (Å²) in [6.07, 6.45) is 13.6. The van der Waals surface area contributed by atoms with Gasteiger partial charge in [-0.3, -0.25) is 0 Å². The zero-order valence-corrected chi connectivity index (χ0v) is 12.8. The van der Waals surface area contributed by atoms with E-state index in [1.54, 1.807) is 5.57 Å². The fourth-order valence-corrected chi connectivity index (χ4v) is 3.85. The van der Waals surface area contributed by atoms with Gasteiger partial charge in [0.15, 0.2) is 0 Å². The van der Waals surface area contributed by atoms with Gasteiger partial charge in [-0.2, -0.15) is 0 Å². The van der Waals surface area contributed by atoms with Crippen molar-refractivity contribution in [3.63, 3.8) is 0 Å². The highest BCUT2D eigenvalue weighted by Gasteiger charge is 2.29. The molecule has 0 N–H and O–H groups in total. The summed E-state index contributed by atoms with van der Waals surface area (Å²) in [5.74, 6) is 1.71. The SMILES string of the molecule is CCCC1=CCC(C2CCC(OC(=O)S)CC2)CC1. The molecule has 19 heavy (non-hydrogen) atoms. The van der Waals surface area contributed by atoms with E-state index in [2.05, 4.69) is 25.6 Å². The van der Waals surface area contributed by atoms with Crippen LogP contribution in [-0.2, 0) is 4.74 Å². The number of hydrogen-bond donors (Lipinski definition) is 1. The molecule has 0 spiro atoms. The number of carbonyl (C=O) groups is 1. The number of thiol groups is 1. The molecule has 0 heterocycles. The van der Waals surface area contributed by atoms with Crippen molar-refractivity contribution in [2.45, 2.75) is 70.8 Å². The Bertz CT molecular complexity index is 330. The van der Waals surface area contributed by atoms with Gasteiger partial charge in [0.2, 0.25) is 0 Å². The summed E-state index contributed by atoms with van der Waals surface area (Å²) in [5.41, 5.74) is 1.68. The summed E-state index contributed by atoms with van der Waals surface area (Å²) < 4.78 is 5.19. The fourth-order valence-electron chi connectivity index (χ4n) is 3.71. The summed E-state index contributed by atoms with van der Waals surface area (Å²) in [6, 6.07) is 0. The summed E-state index contributed by atoms with van der Waals surface area (Å²) in [6.45, 7) is 2.26. The Kier molecular flexibility index (Phi) is 5.80. The van der Waals surface area contributed by atoms with Gasteiger partial charge in [-0.05, 0) is 63.2 Å². The standard InChI is InChI=1S/C16H26O2S/c1-2-3-12-4-6-13(7-5-12)14-8-10-15(11-9-14)18-16(17)19/h4,13-15H,2-3,5-11H2,1H3,(H,17,19). The van der Waals surface area contributed by atoms with Gasteiger partial charge < -0.3 is 4.74 Å². The third-order valence-electron chi connectivity index (χ3n) is 4.77. The topological polar surface area (TPSA) is 26.3 Å². The van der Waals surface area contributed by atoms with Gasteiger partial charge >= 0.3 is 5.30 Å². The molecule has 0 saturated heterocycles. The molecule has 0 bridgehead atoms. The van der Waals surface area contributed by atoms with Crippen molar-refractivity contribution in [3.05, 3.63) is 11.6 Å². The predicted molar refractivity (Wildman–Crippen MR) is 81.5 cm³/mol. The van der Waals surface area contributed by atoms with Crippen molar-refractivity contribution >= 4 is 17.9 Å². The van der Waals surface area contributed by atoms with E-state index in [1.165, 1.54) is 44.9 Å². The summed E-state index contributed by atoms with van der Waals surface area (Å²) in [7, 11) is 0. The zero-order chi connectivity index (χ0) is 13.7. The minimum Gasteiger partial charge on any atom is -0.454 e. The van der Waals surface area contributed by atoms with E-state index < -0.39 is 5.30 Å². The van der Waals surface area contributed by atoms with Crippen molar-refractivity contribution in [3.8, 4) is 0 Å². The third kappa shape index (κ3) is 4.55. The normalized spacial score (nSPS) is 31.7. The van der Waals surface area contributed by atoms with Crippen LogP contribution in [0.3, 0.4) is 0 Å². The molecule has 1 unspecified atom stereocenters. The first-order valence-electron chi connectivity index (χ1n) is 7.76. The van der Waals surface area contributed by atoms with Gasteiger partial charge in [0, 0.05) is 0 Å². The van der Waals surface area contributed by atoms with Crippen molar-refractivity contribution in [1.29, 1.82) is 0 Å². The Morgan fingerprint density at radius 1 is 1.26 bits per heavy atom. The maximum Gasteiger partial charge on any atom is 0.364 e. The Morgan fingerprint density at radius 3 is 2.53 bits per heavy atom. The van der Waals surface area contributed by atoms with Crippen molar-refractivity contribution in [1.82, 2.24) is 0 Å². The van der Waals surface area contributed by atoms with Crippen LogP contribution in [0.4, 0.5) is 4.79 Å². The van der Waals surface area contributed by atoms with Crippen molar-refractivity contribution in [2.24, 2.45) is 11.8 Å². The molecule has 0 radical (unpaired) electrons. The second-order valence-corrected chi connectivity index (χ2v) is 6.43. The van der Waals surface area contributed by atoms with Crippen LogP contribution < -0.4 is 0 Å². The minimum atomic E-state index is -0.423. The predicted octanol–water partition coefficient (Wildman–Crippen LogP) is 5.14. The Balaban J connectivity index is 1.75. The molecule has 2 rings (SSSR count). The average molecular weight is 282 g/mol. The van der Waals surface area contributed by atoms with Gasteiger partial charge in [-0.25, -0.2) is 4.79 Å². The molecule has 3 heteroatoms. The summed E-state index contributed by atoms with van der Waals surface area (Å²) >= 11 is 3.69. The molecular weight excluding hydrogens is 256 g/mol. The molecule has 1 saturated carbocycles. The Hall–Kier alpha value is -0.440. The van der Waals surface area contributed by atoms with Crippen LogP contribution in [0.15, 0.2) is 11.6 Å². The largest absolute Gasteiger partial charge is 0.454 e. The smallest absolute Gasteiger partial charge is 0.364 e. The second kappa shape index (κ2) is 7.37. The van der Waals surface area contributed by atoms with E-state index in [9.17, 15) is 4.79 Å². The first kappa shape index (κ1) is 15.0. The highest BCUT2D eigenvalue weighted by Crippen LogP contribution is 2.39. The van der Waals surface area contributed by atoms with Crippen LogP contribution in [0, 0.1) is 11.8 Å². The van der Waals surface area contributed by atoms with Crippen LogP contribution in [0.2, 0.25) is 0 Å². The van der Waals surface area contributed by atoms with Crippen LogP contribution in [-0.4, -0.2) is 11.4 Å². The molecule has 0 amide bonds. The second-order valence-electron chi connectivity index (χ2n) is 6.07. The third-order valence-corrected chi connectivity index (χ3v) is 4.88. The lowest BCUT2D eigenvalue weighted by molar-refractivity contribution is 0.0708. The van der Waals surface area contributed by atoms with Crippen molar-refractivity contribution < 1.29 is 9.53 Å². The van der Waals surface area contributed by atoms with Gasteiger partial charge in [0.05, 0.1) is 0 Å². The average Bonchev–Trinajstić information content (AvgIpc) is 2.40. The molecule has 2 aliphatic carbocycles. The maximum atomic E-state index is 10.8. The molecule has 1 atom stereocenters. The quantitative estimate of drug-likeness (QED) is 0.439. The summed E-state index contributed by atoms with van der Waals surface area (Å²) in [4.78, 5) is 10.8. The van der Waals surface area contributed by atoms with E-state index in [0.29, 0.717) is 0 Å². The number of rotatable bonds is 4. The van der Waals surface area contributed by atoms with Gasteiger partial charge in [0.1, 0.15) is 6.10 Å². The van der Waals surface area contributed by atoms with Gasteiger partial charge in [0.25, 0.3) is 0 Å². The molecule has 0 aromatic rings. The first-order valence-corrected chi connectivity index (χ1v) is 8.21. The number of hydrogen-bond acceptors (Lipinski definition) is 2. The van der Waals surface area contributed by atoms with Crippen molar-refractivity contribution in [2.75, 3.05) is 0 Å². The number of carbonyl (C=O) groups excluding carboxylic acids is 1. The molecule has 2 nitrogen and oxygen atoms in total. The zero-order valence-electron chi connectivity index (χ0n) is 11.9. The van der Waals surface area contributed by atoms with Crippen LogP contribution in [0.25, 0.3) is 0 Å². The maximum absolute atomic E-state index is 10.8. The molecule has 2 aliphatic rings. The minimum absolute atomic E-state index is 0.121. The van der Waals surface area contributed by atoms with E-state index in [-0.39, 0.29) is 6.10 Å². The van der Waals surface area contributed by atoms with E-state index in [1.807, 2.05) is 0 Å². The van der Waals surface area contributed by atoms with Crippen LogP contribution in [0.5, 0.6) is 0 Å². The lowest BCUT2D eigenvalue weighted by Gasteiger charge is -2.35. The Labute approximate surface area is 122 Å². The lowest BCUT2D eigenvalue weighted by Crippen LogP contribution is -2.27. The van der Waals surface area contributed by atoms with E-state index in [0.717, 1.165) is 24.7 Å². The molecule has 0 aromatic carbocycles. The molecule has 1 fully saturated rings. The molecular formula is C16H26O2S. The summed E-state index contributed by atoms with van der Waals surface area (Å²) in [5, 5.41) is -0.423. The van der Waals surface area contributed by atoms with Crippen LogP contribution >= 0.6 is 12.6 Å². The van der Waals surface area contributed by atoms with Crippen LogP contribution in [0.1, 0.15) is 64.7 Å². The fraction of sp³-hybridized carbons (Fsp3) is 0.812. The van der Waals surface area contributed by atoms with Gasteiger partial charge in [-0.15, -0.1) is 0 Å². The molecule has 108 valence electrons. The van der Waals surface area contributed by atoms with Gasteiger partial charge in [-0.1, -0.05) is 37.6 Å². The highest BCUT2D eigenvalue weighted by molar-refractivity contribution is 7.96. The first-order chi connectivity index (χ1) is 9.19. The Morgan fingerprint density at radius 2 is 2.00 bits per heavy atom. The number of allylic oxidation sites excluding steroid dienone is 2. The van der Waals surface area contributed by atoms with E-state index >= 15 is 0 Å². The molecule has 0 aliphatic heterocycles. The monoisotopic (exact) mass is 282 g/mol. The number of ether oxygens (including phenoxy) is 1. The molecule has 0 aromatic heterocycles. The lowest BCUT2D eigenvalue weighted by atomic mass is 9.73. The highest BCUT2D eigenvalue weighted by atomic mass is 32.1. The van der Waals surface area contributed by atoms with E-state index in [4.69, 9.17) is 4.74 Å².